The average Bonchev–Trinajstić information content (AvgIpc) is 3.25. The highest BCUT2D eigenvalue weighted by atomic mass is 16.5. The normalized spacial score (nSPS) is 18.0. The SMILES string of the molecule is CCOc1ccc([C@@](O)(CCC(C)C)[C@@H](CN2CCCC2)c2ccccc2)cc1. The summed E-state index contributed by atoms with van der Waals surface area (Å²) in [5, 5.41) is 12.3. The van der Waals surface area contributed by atoms with Gasteiger partial charge in [-0.1, -0.05) is 56.3 Å². The Bertz CT molecular complexity index is 722. The molecule has 2 aromatic carbocycles. The van der Waals surface area contributed by atoms with Crippen LogP contribution in [0.15, 0.2) is 54.6 Å². The minimum Gasteiger partial charge on any atom is -0.494 e. The number of nitrogens with zero attached hydrogens (tertiary/aromatic N) is 1. The van der Waals surface area contributed by atoms with Crippen molar-refractivity contribution in [2.75, 3.05) is 26.2 Å². The molecule has 1 N–H and O–H groups in total. The Balaban J connectivity index is 1.99. The van der Waals surface area contributed by atoms with E-state index in [0.29, 0.717) is 12.5 Å². The summed E-state index contributed by atoms with van der Waals surface area (Å²) in [6.45, 7) is 10.3. The summed E-state index contributed by atoms with van der Waals surface area (Å²) in [6, 6.07) is 18.7. The highest BCUT2D eigenvalue weighted by Crippen LogP contribution is 2.43. The van der Waals surface area contributed by atoms with Crippen molar-refractivity contribution < 1.29 is 9.84 Å². The van der Waals surface area contributed by atoms with Crippen LogP contribution in [0.25, 0.3) is 0 Å². The molecule has 1 heterocycles. The number of benzene rings is 2. The molecule has 2 aromatic rings. The number of hydrogen-bond acceptors (Lipinski definition) is 3. The third kappa shape index (κ3) is 5.61. The summed E-state index contributed by atoms with van der Waals surface area (Å²) in [5.41, 5.74) is 1.31. The number of rotatable bonds is 10. The topological polar surface area (TPSA) is 32.7 Å². The zero-order valence-corrected chi connectivity index (χ0v) is 18.3. The van der Waals surface area contributed by atoms with Crippen molar-refractivity contribution in [2.45, 2.75) is 58.0 Å². The Morgan fingerprint density at radius 1 is 1.00 bits per heavy atom. The fourth-order valence-corrected chi connectivity index (χ4v) is 4.48. The Morgan fingerprint density at radius 3 is 2.24 bits per heavy atom. The molecule has 1 aliphatic heterocycles. The predicted molar refractivity (Wildman–Crippen MR) is 120 cm³/mol. The molecule has 1 saturated heterocycles. The van der Waals surface area contributed by atoms with Gasteiger partial charge in [-0.3, -0.25) is 0 Å². The second-order valence-electron chi connectivity index (χ2n) is 8.79. The van der Waals surface area contributed by atoms with Crippen molar-refractivity contribution >= 4 is 0 Å². The van der Waals surface area contributed by atoms with Crippen LogP contribution in [0.3, 0.4) is 0 Å². The van der Waals surface area contributed by atoms with E-state index in [0.717, 1.165) is 43.8 Å². The van der Waals surface area contributed by atoms with Gasteiger partial charge in [-0.2, -0.15) is 0 Å². The Kier molecular flexibility index (Phi) is 7.74. The van der Waals surface area contributed by atoms with Gasteiger partial charge in [0.25, 0.3) is 0 Å². The van der Waals surface area contributed by atoms with Gasteiger partial charge in [0.05, 0.1) is 12.2 Å². The lowest BCUT2D eigenvalue weighted by molar-refractivity contribution is -0.0154. The first-order valence-electron chi connectivity index (χ1n) is 11.3. The first kappa shape index (κ1) is 21.9. The van der Waals surface area contributed by atoms with Crippen molar-refractivity contribution in [3.63, 3.8) is 0 Å². The van der Waals surface area contributed by atoms with E-state index in [1.165, 1.54) is 18.4 Å². The molecule has 3 rings (SSSR count). The van der Waals surface area contributed by atoms with E-state index in [4.69, 9.17) is 4.74 Å². The number of likely N-dealkylation sites (tertiary alicyclic amines) is 1. The molecule has 158 valence electrons. The van der Waals surface area contributed by atoms with E-state index in [-0.39, 0.29) is 5.92 Å². The van der Waals surface area contributed by atoms with Crippen LogP contribution in [0.5, 0.6) is 5.75 Å². The maximum atomic E-state index is 12.3. The van der Waals surface area contributed by atoms with Crippen LogP contribution in [0.1, 0.15) is 63.5 Å². The lowest BCUT2D eigenvalue weighted by atomic mass is 9.73. The molecule has 0 spiro atoms. The average molecular weight is 396 g/mol. The summed E-state index contributed by atoms with van der Waals surface area (Å²) in [5.74, 6) is 1.45. The molecular formula is C26H37NO2. The van der Waals surface area contributed by atoms with Crippen molar-refractivity contribution in [2.24, 2.45) is 5.92 Å². The highest BCUT2D eigenvalue weighted by molar-refractivity contribution is 5.35. The van der Waals surface area contributed by atoms with Crippen LogP contribution >= 0.6 is 0 Å². The molecule has 2 atom stereocenters. The molecule has 0 aliphatic carbocycles. The van der Waals surface area contributed by atoms with E-state index in [1.54, 1.807) is 0 Å². The molecule has 1 fully saturated rings. The van der Waals surface area contributed by atoms with Gasteiger partial charge < -0.3 is 14.7 Å². The fourth-order valence-electron chi connectivity index (χ4n) is 4.48. The predicted octanol–water partition coefficient (Wildman–Crippen LogP) is 5.59. The van der Waals surface area contributed by atoms with Crippen molar-refractivity contribution in [1.82, 2.24) is 4.90 Å². The Hall–Kier alpha value is -1.84. The third-order valence-electron chi connectivity index (χ3n) is 6.19. The number of aliphatic hydroxyl groups is 1. The quantitative estimate of drug-likeness (QED) is 0.569. The smallest absolute Gasteiger partial charge is 0.119 e. The van der Waals surface area contributed by atoms with Crippen molar-refractivity contribution in [3.8, 4) is 5.75 Å². The minimum absolute atomic E-state index is 0.0403. The van der Waals surface area contributed by atoms with Crippen molar-refractivity contribution in [3.05, 3.63) is 65.7 Å². The first-order valence-corrected chi connectivity index (χ1v) is 11.3. The molecular weight excluding hydrogens is 358 g/mol. The van der Waals surface area contributed by atoms with E-state index in [1.807, 2.05) is 19.1 Å². The fraction of sp³-hybridized carbons (Fsp3) is 0.538. The summed E-state index contributed by atoms with van der Waals surface area (Å²) in [7, 11) is 0. The van der Waals surface area contributed by atoms with Gasteiger partial charge >= 0.3 is 0 Å². The van der Waals surface area contributed by atoms with E-state index in [2.05, 4.69) is 61.2 Å². The largest absolute Gasteiger partial charge is 0.494 e. The molecule has 29 heavy (non-hydrogen) atoms. The summed E-state index contributed by atoms with van der Waals surface area (Å²) in [6.07, 6.45) is 4.27. The Labute approximate surface area is 176 Å². The maximum absolute atomic E-state index is 12.3. The second-order valence-corrected chi connectivity index (χ2v) is 8.79. The minimum atomic E-state index is -0.904. The molecule has 0 saturated carbocycles. The van der Waals surface area contributed by atoms with E-state index in [9.17, 15) is 5.11 Å². The number of hydrogen-bond donors (Lipinski definition) is 1. The highest BCUT2D eigenvalue weighted by Gasteiger charge is 2.40. The molecule has 0 bridgehead atoms. The summed E-state index contributed by atoms with van der Waals surface area (Å²) in [4.78, 5) is 2.52. The van der Waals surface area contributed by atoms with Crippen LogP contribution < -0.4 is 4.74 Å². The van der Waals surface area contributed by atoms with Gasteiger partial charge in [-0.05, 0) is 74.9 Å². The monoisotopic (exact) mass is 395 g/mol. The maximum Gasteiger partial charge on any atom is 0.119 e. The van der Waals surface area contributed by atoms with Gasteiger partial charge in [-0.25, -0.2) is 0 Å². The standard InChI is InChI=1S/C26H37NO2/c1-4-29-24-14-12-23(13-15-24)26(28,17-16-21(2)3)25(20-27-18-8-9-19-27)22-10-6-5-7-11-22/h5-7,10-15,21,25,28H,4,8-9,16-20H2,1-3H3/t25-,26-/m0/s1. The number of ether oxygens (including phenoxy) is 1. The zero-order valence-electron chi connectivity index (χ0n) is 18.3. The lowest BCUT2D eigenvalue weighted by Gasteiger charge is -2.40. The summed E-state index contributed by atoms with van der Waals surface area (Å²) < 4.78 is 5.63. The molecule has 0 unspecified atom stereocenters. The van der Waals surface area contributed by atoms with Crippen LogP contribution in [0.2, 0.25) is 0 Å². The molecule has 3 nitrogen and oxygen atoms in total. The summed E-state index contributed by atoms with van der Waals surface area (Å²) >= 11 is 0. The van der Waals surface area contributed by atoms with E-state index >= 15 is 0 Å². The van der Waals surface area contributed by atoms with Gasteiger partial charge in [-0.15, -0.1) is 0 Å². The van der Waals surface area contributed by atoms with Crippen LogP contribution in [-0.2, 0) is 5.60 Å². The van der Waals surface area contributed by atoms with Gasteiger partial charge in [0.2, 0.25) is 0 Å². The Morgan fingerprint density at radius 2 is 1.66 bits per heavy atom. The second kappa shape index (κ2) is 10.3. The van der Waals surface area contributed by atoms with Crippen molar-refractivity contribution in [1.29, 1.82) is 0 Å². The van der Waals surface area contributed by atoms with Crippen LogP contribution in [0, 0.1) is 5.92 Å². The third-order valence-corrected chi connectivity index (χ3v) is 6.19. The zero-order chi connectivity index (χ0) is 20.7. The first-order chi connectivity index (χ1) is 14.0. The molecule has 3 heteroatoms. The van der Waals surface area contributed by atoms with Crippen LogP contribution in [0.4, 0.5) is 0 Å². The van der Waals surface area contributed by atoms with Gasteiger partial charge in [0, 0.05) is 12.5 Å². The van der Waals surface area contributed by atoms with Gasteiger partial charge in [0.1, 0.15) is 5.75 Å². The molecule has 1 aliphatic rings. The van der Waals surface area contributed by atoms with Crippen LogP contribution in [-0.4, -0.2) is 36.2 Å². The molecule has 0 aromatic heterocycles. The van der Waals surface area contributed by atoms with Gasteiger partial charge in [0.15, 0.2) is 0 Å². The van der Waals surface area contributed by atoms with E-state index < -0.39 is 5.60 Å². The lowest BCUT2D eigenvalue weighted by Crippen LogP contribution is -2.40. The molecule has 0 radical (unpaired) electrons. The molecule has 0 amide bonds.